The number of hydrogen-bond donors (Lipinski definition) is 1. The number of rotatable bonds is 0. The van der Waals surface area contributed by atoms with E-state index >= 15 is 0 Å². The lowest BCUT2D eigenvalue weighted by molar-refractivity contribution is 0.143. The van der Waals surface area contributed by atoms with Gasteiger partial charge >= 0.3 is 6.09 Å². The van der Waals surface area contributed by atoms with Gasteiger partial charge in [0.15, 0.2) is 0 Å². The molecule has 0 aliphatic carbocycles. The van der Waals surface area contributed by atoms with Crippen molar-refractivity contribution < 1.29 is 9.90 Å². The van der Waals surface area contributed by atoms with Crippen molar-refractivity contribution in [2.24, 2.45) is 0 Å². The average molecular weight is 161 g/mol. The van der Waals surface area contributed by atoms with Crippen molar-refractivity contribution in [1.29, 1.82) is 0 Å². The average Bonchev–Trinajstić information content (AvgIpc) is 2.13. The van der Waals surface area contributed by atoms with Crippen LogP contribution in [0.25, 0.3) is 0 Å². The van der Waals surface area contributed by atoms with E-state index in [1.165, 1.54) is 4.90 Å². The molecule has 0 aromatic carbocycles. The Morgan fingerprint density at radius 3 is 2.27 bits per heavy atom. The molecule has 1 unspecified atom stereocenters. The Morgan fingerprint density at radius 1 is 1.55 bits per heavy atom. The van der Waals surface area contributed by atoms with Crippen molar-refractivity contribution in [3.05, 3.63) is 0 Å². The van der Waals surface area contributed by atoms with E-state index < -0.39 is 6.09 Å². The fourth-order valence-corrected chi connectivity index (χ4v) is 1.22. The minimum absolute atomic E-state index is 0. The monoisotopic (exact) mass is 161 g/mol. The standard InChI is InChI=1S/C6H11NO2.2CH4/c1-5-3-2-4-7(5)6(8)9;;/h5H,2-4H2,1H3,(H,8,9);2*1H4. The summed E-state index contributed by atoms with van der Waals surface area (Å²) in [5.74, 6) is 0. The van der Waals surface area contributed by atoms with Gasteiger partial charge in [-0.3, -0.25) is 0 Å². The van der Waals surface area contributed by atoms with Crippen LogP contribution in [0.5, 0.6) is 0 Å². The molecule has 1 atom stereocenters. The van der Waals surface area contributed by atoms with E-state index in [9.17, 15) is 4.79 Å². The van der Waals surface area contributed by atoms with Crippen molar-refractivity contribution in [3.63, 3.8) is 0 Å². The fourth-order valence-electron chi connectivity index (χ4n) is 1.22. The second-order valence-corrected chi connectivity index (χ2v) is 2.47. The third kappa shape index (κ3) is 2.78. The SMILES string of the molecule is C.C.CC1CCCN1C(=O)O. The summed E-state index contributed by atoms with van der Waals surface area (Å²) in [6.45, 7) is 2.66. The maximum Gasteiger partial charge on any atom is 0.407 e. The quantitative estimate of drug-likeness (QED) is 0.592. The summed E-state index contributed by atoms with van der Waals surface area (Å²) < 4.78 is 0. The molecule has 3 nitrogen and oxygen atoms in total. The molecule has 0 radical (unpaired) electrons. The highest BCUT2D eigenvalue weighted by atomic mass is 16.4. The molecular formula is C8H19NO2. The van der Waals surface area contributed by atoms with Crippen LogP contribution in [0.3, 0.4) is 0 Å². The Morgan fingerprint density at radius 2 is 2.09 bits per heavy atom. The van der Waals surface area contributed by atoms with Gasteiger partial charge in [-0.25, -0.2) is 4.79 Å². The van der Waals surface area contributed by atoms with Gasteiger partial charge in [0.1, 0.15) is 0 Å². The van der Waals surface area contributed by atoms with E-state index in [1.54, 1.807) is 0 Å². The number of amides is 1. The molecule has 1 heterocycles. The van der Waals surface area contributed by atoms with Gasteiger partial charge in [-0.1, -0.05) is 14.9 Å². The fraction of sp³-hybridized carbons (Fsp3) is 0.875. The summed E-state index contributed by atoms with van der Waals surface area (Å²) in [4.78, 5) is 11.8. The zero-order valence-corrected chi connectivity index (χ0v) is 5.50. The third-order valence-corrected chi connectivity index (χ3v) is 1.80. The molecule has 68 valence electrons. The van der Waals surface area contributed by atoms with Crippen LogP contribution in [0.15, 0.2) is 0 Å². The van der Waals surface area contributed by atoms with Gasteiger partial charge in [0.2, 0.25) is 0 Å². The lowest BCUT2D eigenvalue weighted by atomic mass is 10.2. The molecule has 1 fully saturated rings. The molecule has 0 saturated carbocycles. The lowest BCUT2D eigenvalue weighted by Crippen LogP contribution is -2.31. The Balaban J connectivity index is 0. The molecule has 1 aliphatic rings. The molecule has 0 bridgehead atoms. The molecule has 1 amide bonds. The number of likely N-dealkylation sites (tertiary alicyclic amines) is 1. The van der Waals surface area contributed by atoms with Crippen molar-refractivity contribution in [3.8, 4) is 0 Å². The summed E-state index contributed by atoms with van der Waals surface area (Å²) >= 11 is 0. The summed E-state index contributed by atoms with van der Waals surface area (Å²) in [5.41, 5.74) is 0. The van der Waals surface area contributed by atoms with Gasteiger partial charge in [0.05, 0.1) is 0 Å². The first kappa shape index (κ1) is 12.9. The van der Waals surface area contributed by atoms with Gasteiger partial charge in [0, 0.05) is 12.6 Å². The topological polar surface area (TPSA) is 40.5 Å². The van der Waals surface area contributed by atoms with Crippen LogP contribution in [-0.2, 0) is 0 Å². The van der Waals surface area contributed by atoms with E-state index in [1.807, 2.05) is 6.92 Å². The molecule has 1 aliphatic heterocycles. The highest BCUT2D eigenvalue weighted by Crippen LogP contribution is 2.15. The summed E-state index contributed by atoms with van der Waals surface area (Å²) in [7, 11) is 0. The molecule has 11 heavy (non-hydrogen) atoms. The zero-order valence-electron chi connectivity index (χ0n) is 5.50. The van der Waals surface area contributed by atoms with Crippen molar-refractivity contribution >= 4 is 6.09 Å². The van der Waals surface area contributed by atoms with Crippen LogP contribution in [0.2, 0.25) is 0 Å². The maximum atomic E-state index is 10.3. The third-order valence-electron chi connectivity index (χ3n) is 1.80. The smallest absolute Gasteiger partial charge is 0.407 e. The van der Waals surface area contributed by atoms with Crippen LogP contribution in [0, 0.1) is 0 Å². The molecule has 0 spiro atoms. The summed E-state index contributed by atoms with van der Waals surface area (Å²) in [6, 6.07) is 0.238. The van der Waals surface area contributed by atoms with Crippen molar-refractivity contribution in [2.75, 3.05) is 6.54 Å². The number of nitrogens with zero attached hydrogens (tertiary/aromatic N) is 1. The number of carbonyl (C=O) groups is 1. The van der Waals surface area contributed by atoms with E-state index in [2.05, 4.69) is 0 Å². The zero-order chi connectivity index (χ0) is 6.85. The Hall–Kier alpha value is -0.730. The molecular weight excluding hydrogens is 142 g/mol. The van der Waals surface area contributed by atoms with E-state index in [0.29, 0.717) is 0 Å². The van der Waals surface area contributed by atoms with Crippen molar-refractivity contribution in [1.82, 2.24) is 4.90 Å². The number of carboxylic acid groups (broad SMARTS) is 1. The molecule has 1 N–H and O–H groups in total. The van der Waals surface area contributed by atoms with E-state index in [4.69, 9.17) is 5.11 Å². The highest BCUT2D eigenvalue weighted by molar-refractivity contribution is 5.65. The first-order chi connectivity index (χ1) is 4.22. The van der Waals surface area contributed by atoms with Crippen LogP contribution >= 0.6 is 0 Å². The minimum atomic E-state index is -0.778. The second kappa shape index (κ2) is 4.99. The van der Waals surface area contributed by atoms with E-state index in [0.717, 1.165) is 19.4 Å². The van der Waals surface area contributed by atoms with Gasteiger partial charge in [-0.15, -0.1) is 0 Å². The maximum absolute atomic E-state index is 10.3. The lowest BCUT2D eigenvalue weighted by Gasteiger charge is -2.16. The number of hydrogen-bond acceptors (Lipinski definition) is 1. The first-order valence-corrected chi connectivity index (χ1v) is 3.21. The van der Waals surface area contributed by atoms with Crippen LogP contribution in [-0.4, -0.2) is 28.7 Å². The Kier molecular flexibility index (Phi) is 5.86. The minimum Gasteiger partial charge on any atom is -0.465 e. The predicted octanol–water partition coefficient (Wildman–Crippen LogP) is 2.42. The second-order valence-electron chi connectivity index (χ2n) is 2.47. The van der Waals surface area contributed by atoms with E-state index in [-0.39, 0.29) is 20.9 Å². The van der Waals surface area contributed by atoms with Gasteiger partial charge in [0.25, 0.3) is 0 Å². The summed E-state index contributed by atoms with van der Waals surface area (Å²) in [6.07, 6.45) is 1.26. The first-order valence-electron chi connectivity index (χ1n) is 3.21. The normalized spacial score (nSPS) is 21.9. The largest absolute Gasteiger partial charge is 0.465 e. The summed E-state index contributed by atoms with van der Waals surface area (Å²) in [5, 5.41) is 8.51. The van der Waals surface area contributed by atoms with Gasteiger partial charge in [-0.2, -0.15) is 0 Å². The van der Waals surface area contributed by atoms with Crippen LogP contribution in [0.1, 0.15) is 34.6 Å². The predicted molar refractivity (Wildman–Crippen MR) is 46.9 cm³/mol. The molecule has 0 aromatic rings. The molecule has 1 saturated heterocycles. The van der Waals surface area contributed by atoms with Crippen molar-refractivity contribution in [2.45, 2.75) is 40.7 Å². The van der Waals surface area contributed by atoms with Crippen LogP contribution in [0.4, 0.5) is 4.79 Å². The van der Waals surface area contributed by atoms with Crippen LogP contribution < -0.4 is 0 Å². The van der Waals surface area contributed by atoms with Gasteiger partial charge < -0.3 is 10.0 Å². The highest BCUT2D eigenvalue weighted by Gasteiger charge is 2.23. The molecule has 3 heteroatoms. The van der Waals surface area contributed by atoms with Gasteiger partial charge in [-0.05, 0) is 19.8 Å². The Labute approximate surface area is 69.0 Å². The molecule has 0 aromatic heterocycles. The Bertz CT molecular complexity index is 125. The molecule has 1 rings (SSSR count).